The molecule has 3 rings (SSSR count). The van der Waals surface area contributed by atoms with Gasteiger partial charge in [0, 0.05) is 24.2 Å². The van der Waals surface area contributed by atoms with Crippen LogP contribution in [0, 0.1) is 0 Å². The monoisotopic (exact) mass is 358 g/mol. The molecule has 0 unspecified atom stereocenters. The summed E-state index contributed by atoms with van der Waals surface area (Å²) >= 11 is 0. The molecule has 0 fully saturated rings. The fourth-order valence-electron chi connectivity index (χ4n) is 2.55. The van der Waals surface area contributed by atoms with Crippen molar-refractivity contribution in [2.45, 2.75) is 11.4 Å². The molecule has 0 spiro atoms. The molecule has 7 heteroatoms. The number of pyridine rings is 1. The second-order valence-corrected chi connectivity index (χ2v) is 7.10. The Balaban J connectivity index is 1.87. The van der Waals surface area contributed by atoms with Gasteiger partial charge in [-0.1, -0.05) is 18.2 Å². The largest absolute Gasteiger partial charge is 0.493 e. The van der Waals surface area contributed by atoms with Crippen molar-refractivity contribution in [3.8, 4) is 11.5 Å². The summed E-state index contributed by atoms with van der Waals surface area (Å²) in [6.45, 7) is 0.166. The number of ether oxygens (including phenoxy) is 2. The Hall–Kier alpha value is -2.64. The van der Waals surface area contributed by atoms with Crippen LogP contribution in [-0.4, -0.2) is 27.6 Å². The SMILES string of the molecule is COc1ccc(S(=O)(=O)NCc2ccnc3ccccc23)cc1OC. The van der Waals surface area contributed by atoms with Gasteiger partial charge >= 0.3 is 0 Å². The van der Waals surface area contributed by atoms with E-state index in [2.05, 4.69) is 9.71 Å². The van der Waals surface area contributed by atoms with Crippen molar-refractivity contribution in [3.63, 3.8) is 0 Å². The summed E-state index contributed by atoms with van der Waals surface area (Å²) in [5, 5.41) is 0.917. The van der Waals surface area contributed by atoms with Gasteiger partial charge in [0.25, 0.3) is 0 Å². The van der Waals surface area contributed by atoms with Crippen molar-refractivity contribution in [1.29, 1.82) is 0 Å². The highest BCUT2D eigenvalue weighted by Crippen LogP contribution is 2.29. The number of nitrogens with zero attached hydrogens (tertiary/aromatic N) is 1. The third-order valence-electron chi connectivity index (χ3n) is 3.86. The smallest absolute Gasteiger partial charge is 0.241 e. The van der Waals surface area contributed by atoms with E-state index in [0.717, 1.165) is 16.5 Å². The van der Waals surface area contributed by atoms with E-state index in [1.54, 1.807) is 18.3 Å². The van der Waals surface area contributed by atoms with Gasteiger partial charge in [-0.05, 0) is 29.8 Å². The normalized spacial score (nSPS) is 11.4. The molecule has 2 aromatic carbocycles. The van der Waals surface area contributed by atoms with Crippen LogP contribution < -0.4 is 14.2 Å². The first kappa shape index (κ1) is 17.2. The minimum atomic E-state index is -3.69. The summed E-state index contributed by atoms with van der Waals surface area (Å²) in [6.07, 6.45) is 1.67. The van der Waals surface area contributed by atoms with Gasteiger partial charge in [0.05, 0.1) is 24.6 Å². The van der Waals surface area contributed by atoms with Crippen LogP contribution in [0.1, 0.15) is 5.56 Å². The fraction of sp³-hybridized carbons (Fsp3) is 0.167. The van der Waals surface area contributed by atoms with Gasteiger partial charge in [0.1, 0.15) is 0 Å². The Morgan fingerprint density at radius 1 is 1.00 bits per heavy atom. The van der Waals surface area contributed by atoms with Crippen molar-refractivity contribution in [2.75, 3.05) is 14.2 Å². The van der Waals surface area contributed by atoms with Crippen LogP contribution in [0.5, 0.6) is 11.5 Å². The van der Waals surface area contributed by atoms with Gasteiger partial charge in [-0.15, -0.1) is 0 Å². The molecule has 1 N–H and O–H groups in total. The molecule has 0 bridgehead atoms. The van der Waals surface area contributed by atoms with Crippen LogP contribution in [-0.2, 0) is 16.6 Å². The highest BCUT2D eigenvalue weighted by Gasteiger charge is 2.17. The number of aromatic nitrogens is 1. The number of hydrogen-bond acceptors (Lipinski definition) is 5. The summed E-state index contributed by atoms with van der Waals surface area (Å²) < 4.78 is 38.1. The first-order chi connectivity index (χ1) is 12.0. The zero-order valence-electron chi connectivity index (χ0n) is 13.9. The highest BCUT2D eigenvalue weighted by atomic mass is 32.2. The lowest BCUT2D eigenvalue weighted by molar-refractivity contribution is 0.354. The second-order valence-electron chi connectivity index (χ2n) is 5.33. The Kier molecular flexibility index (Phi) is 4.87. The predicted molar refractivity (Wildman–Crippen MR) is 95.3 cm³/mol. The summed E-state index contributed by atoms with van der Waals surface area (Å²) in [6, 6.07) is 13.9. The van der Waals surface area contributed by atoms with Crippen LogP contribution in [0.2, 0.25) is 0 Å². The molecule has 6 nitrogen and oxygen atoms in total. The van der Waals surface area contributed by atoms with Crippen molar-refractivity contribution in [3.05, 3.63) is 60.3 Å². The predicted octanol–water partition coefficient (Wildman–Crippen LogP) is 2.73. The second kappa shape index (κ2) is 7.08. The standard InChI is InChI=1S/C18H18N2O4S/c1-23-17-8-7-14(11-18(17)24-2)25(21,22)20-12-13-9-10-19-16-6-4-3-5-15(13)16/h3-11,20H,12H2,1-2H3. The molecule has 130 valence electrons. The van der Waals surface area contributed by atoms with E-state index in [1.807, 2.05) is 24.3 Å². The minimum Gasteiger partial charge on any atom is -0.493 e. The third-order valence-corrected chi connectivity index (χ3v) is 5.26. The molecule has 0 saturated carbocycles. The Morgan fingerprint density at radius 3 is 2.52 bits per heavy atom. The van der Waals surface area contributed by atoms with E-state index in [9.17, 15) is 8.42 Å². The maximum Gasteiger partial charge on any atom is 0.241 e. The molecule has 1 heterocycles. The van der Waals surface area contributed by atoms with Crippen LogP contribution in [0.4, 0.5) is 0 Å². The number of para-hydroxylation sites is 1. The topological polar surface area (TPSA) is 77.5 Å². The molecule has 0 atom stereocenters. The third kappa shape index (κ3) is 3.57. The number of hydrogen-bond donors (Lipinski definition) is 1. The van der Waals surface area contributed by atoms with E-state index in [0.29, 0.717) is 11.5 Å². The lowest BCUT2D eigenvalue weighted by Crippen LogP contribution is -2.23. The summed E-state index contributed by atoms with van der Waals surface area (Å²) in [7, 11) is -0.729. The molecule has 0 radical (unpaired) electrons. The number of rotatable bonds is 6. The molecule has 0 aliphatic rings. The Morgan fingerprint density at radius 2 is 1.76 bits per heavy atom. The molecule has 3 aromatic rings. The summed E-state index contributed by atoms with van der Waals surface area (Å²) in [5.41, 5.74) is 1.68. The number of sulfonamides is 1. The van der Waals surface area contributed by atoms with E-state index < -0.39 is 10.0 Å². The first-order valence-corrected chi connectivity index (χ1v) is 9.08. The number of nitrogens with one attached hydrogen (secondary N) is 1. The summed E-state index contributed by atoms with van der Waals surface area (Å²) in [5.74, 6) is 0.835. The van der Waals surface area contributed by atoms with Gasteiger partial charge in [-0.2, -0.15) is 0 Å². The Bertz CT molecular complexity index is 998. The van der Waals surface area contributed by atoms with Crippen LogP contribution in [0.15, 0.2) is 59.6 Å². The van der Waals surface area contributed by atoms with E-state index in [-0.39, 0.29) is 11.4 Å². The molecular weight excluding hydrogens is 340 g/mol. The van der Waals surface area contributed by atoms with Crippen molar-refractivity contribution in [1.82, 2.24) is 9.71 Å². The average Bonchev–Trinajstić information content (AvgIpc) is 2.65. The lowest BCUT2D eigenvalue weighted by atomic mass is 10.1. The van der Waals surface area contributed by atoms with Crippen LogP contribution >= 0.6 is 0 Å². The molecule has 0 saturated heterocycles. The zero-order chi connectivity index (χ0) is 17.9. The number of benzene rings is 2. The quantitative estimate of drug-likeness (QED) is 0.733. The van der Waals surface area contributed by atoms with Gasteiger partial charge in [-0.25, -0.2) is 13.1 Å². The number of methoxy groups -OCH3 is 2. The first-order valence-electron chi connectivity index (χ1n) is 7.59. The zero-order valence-corrected chi connectivity index (χ0v) is 14.7. The van der Waals surface area contributed by atoms with E-state index >= 15 is 0 Å². The van der Waals surface area contributed by atoms with E-state index in [4.69, 9.17) is 9.47 Å². The molecule has 0 amide bonds. The molecule has 1 aromatic heterocycles. The van der Waals surface area contributed by atoms with E-state index in [1.165, 1.54) is 26.4 Å². The molecule has 25 heavy (non-hydrogen) atoms. The molecule has 0 aliphatic heterocycles. The van der Waals surface area contributed by atoms with Crippen molar-refractivity contribution >= 4 is 20.9 Å². The van der Waals surface area contributed by atoms with Crippen molar-refractivity contribution < 1.29 is 17.9 Å². The lowest BCUT2D eigenvalue weighted by Gasteiger charge is -2.12. The fourth-order valence-corrected chi connectivity index (χ4v) is 3.57. The number of fused-ring (bicyclic) bond motifs is 1. The van der Waals surface area contributed by atoms with Gasteiger partial charge in [-0.3, -0.25) is 4.98 Å². The van der Waals surface area contributed by atoms with Gasteiger partial charge in [0.15, 0.2) is 11.5 Å². The van der Waals surface area contributed by atoms with Crippen LogP contribution in [0.25, 0.3) is 10.9 Å². The minimum absolute atomic E-state index is 0.114. The summed E-state index contributed by atoms with van der Waals surface area (Å²) in [4.78, 5) is 4.39. The van der Waals surface area contributed by atoms with Gasteiger partial charge < -0.3 is 9.47 Å². The maximum atomic E-state index is 12.6. The Labute approximate surface area is 146 Å². The highest BCUT2D eigenvalue weighted by molar-refractivity contribution is 7.89. The van der Waals surface area contributed by atoms with Gasteiger partial charge in [0.2, 0.25) is 10.0 Å². The average molecular weight is 358 g/mol. The molecular formula is C18H18N2O4S. The molecule has 0 aliphatic carbocycles. The van der Waals surface area contributed by atoms with Crippen molar-refractivity contribution in [2.24, 2.45) is 0 Å². The maximum absolute atomic E-state index is 12.6. The van der Waals surface area contributed by atoms with Crippen LogP contribution in [0.3, 0.4) is 0 Å².